The van der Waals surface area contributed by atoms with E-state index in [1.807, 2.05) is 0 Å². The number of nitrogens with zero attached hydrogens (tertiary/aromatic N) is 2. The molecule has 94 valence electrons. The highest BCUT2D eigenvalue weighted by Crippen LogP contribution is 2.19. The smallest absolute Gasteiger partial charge is 0.302 e. The van der Waals surface area contributed by atoms with Crippen molar-refractivity contribution >= 4 is 17.6 Å². The van der Waals surface area contributed by atoms with Gasteiger partial charge in [-0.1, -0.05) is 16.8 Å². The zero-order valence-electron chi connectivity index (χ0n) is 9.72. The maximum Gasteiger partial charge on any atom is 0.302 e. The average Bonchev–Trinajstić information content (AvgIpc) is 2.78. The molecule has 0 saturated heterocycles. The van der Waals surface area contributed by atoms with Gasteiger partial charge in [0.15, 0.2) is 5.82 Å². The van der Waals surface area contributed by atoms with Crippen molar-refractivity contribution in [2.45, 2.75) is 13.3 Å². The number of halogens is 1. The number of carbonyl (C=O) groups excluding carboxylic acids is 1. The van der Waals surface area contributed by atoms with Crippen LogP contribution in [-0.4, -0.2) is 22.7 Å². The summed E-state index contributed by atoms with van der Waals surface area (Å²) in [7, 11) is 0. The third-order valence-electron chi connectivity index (χ3n) is 2.19. The number of benzene rings is 1. The Bertz CT molecular complexity index is 537. The molecule has 0 spiro atoms. The van der Waals surface area contributed by atoms with Crippen LogP contribution in [0.4, 0.5) is 0 Å². The van der Waals surface area contributed by atoms with Gasteiger partial charge >= 0.3 is 5.97 Å². The minimum atomic E-state index is -0.323. The molecule has 2 rings (SSSR count). The van der Waals surface area contributed by atoms with Crippen LogP contribution in [0.3, 0.4) is 0 Å². The van der Waals surface area contributed by atoms with E-state index in [4.69, 9.17) is 20.9 Å². The highest BCUT2D eigenvalue weighted by Gasteiger charge is 2.08. The molecule has 1 aromatic carbocycles. The largest absolute Gasteiger partial charge is 0.465 e. The van der Waals surface area contributed by atoms with Crippen LogP contribution in [0.25, 0.3) is 11.5 Å². The fourth-order valence-electron chi connectivity index (χ4n) is 1.35. The Morgan fingerprint density at radius 2 is 2.11 bits per heavy atom. The maximum atomic E-state index is 10.6. The van der Waals surface area contributed by atoms with Crippen LogP contribution >= 0.6 is 11.6 Å². The number of esters is 1. The average molecular weight is 267 g/mol. The summed E-state index contributed by atoms with van der Waals surface area (Å²) in [6.45, 7) is 1.60. The molecule has 0 saturated carbocycles. The van der Waals surface area contributed by atoms with Gasteiger partial charge in [0.05, 0.1) is 6.61 Å². The highest BCUT2D eigenvalue weighted by atomic mass is 35.5. The number of aromatic nitrogens is 2. The lowest BCUT2D eigenvalue weighted by Gasteiger charge is -1.96. The molecule has 0 N–H and O–H groups in total. The minimum Gasteiger partial charge on any atom is -0.465 e. The van der Waals surface area contributed by atoms with Crippen LogP contribution in [0.15, 0.2) is 28.8 Å². The Morgan fingerprint density at radius 1 is 1.39 bits per heavy atom. The Kier molecular flexibility index (Phi) is 3.94. The molecule has 6 heteroatoms. The zero-order valence-corrected chi connectivity index (χ0v) is 10.5. The van der Waals surface area contributed by atoms with E-state index in [0.717, 1.165) is 5.56 Å². The molecule has 0 aliphatic carbocycles. The van der Waals surface area contributed by atoms with Crippen LogP contribution < -0.4 is 0 Å². The van der Waals surface area contributed by atoms with Crippen molar-refractivity contribution in [1.29, 1.82) is 0 Å². The summed E-state index contributed by atoms with van der Waals surface area (Å²) in [5.74, 6) is 0.599. The van der Waals surface area contributed by atoms with Crippen molar-refractivity contribution < 1.29 is 14.1 Å². The first-order valence-electron chi connectivity index (χ1n) is 5.37. The Labute approximate surface area is 109 Å². The van der Waals surface area contributed by atoms with Crippen molar-refractivity contribution in [2.24, 2.45) is 0 Å². The van der Waals surface area contributed by atoms with Crippen LogP contribution in [0.1, 0.15) is 12.7 Å². The molecule has 18 heavy (non-hydrogen) atoms. The van der Waals surface area contributed by atoms with Gasteiger partial charge in [-0.15, -0.1) is 0 Å². The zero-order chi connectivity index (χ0) is 13.0. The molecule has 0 bridgehead atoms. The van der Waals surface area contributed by atoms with Gasteiger partial charge in [0.2, 0.25) is 0 Å². The maximum absolute atomic E-state index is 10.6. The van der Waals surface area contributed by atoms with Crippen LogP contribution in [0.2, 0.25) is 5.02 Å². The van der Waals surface area contributed by atoms with Gasteiger partial charge in [0, 0.05) is 23.9 Å². The monoisotopic (exact) mass is 266 g/mol. The van der Waals surface area contributed by atoms with Gasteiger partial charge in [0.25, 0.3) is 5.89 Å². The van der Waals surface area contributed by atoms with E-state index >= 15 is 0 Å². The molecule has 0 aliphatic heterocycles. The standard InChI is InChI=1S/C12H11ClN2O3/c1-8(16)17-7-6-11-14-12(18-15-11)9-2-4-10(13)5-3-9/h2-5H,6-7H2,1H3. The molecule has 0 amide bonds. The van der Waals surface area contributed by atoms with Crippen molar-refractivity contribution in [1.82, 2.24) is 10.1 Å². The summed E-state index contributed by atoms with van der Waals surface area (Å²) in [6, 6.07) is 7.09. The van der Waals surface area contributed by atoms with E-state index < -0.39 is 0 Å². The van der Waals surface area contributed by atoms with Crippen molar-refractivity contribution in [3.05, 3.63) is 35.1 Å². The fourth-order valence-corrected chi connectivity index (χ4v) is 1.48. The first-order valence-corrected chi connectivity index (χ1v) is 5.75. The van der Waals surface area contributed by atoms with Gasteiger partial charge in [-0.2, -0.15) is 4.98 Å². The lowest BCUT2D eigenvalue weighted by atomic mass is 10.2. The number of hydrogen-bond donors (Lipinski definition) is 0. The molecule has 1 aromatic heterocycles. The quantitative estimate of drug-likeness (QED) is 0.796. The number of rotatable bonds is 4. The predicted octanol–water partition coefficient (Wildman–Crippen LogP) is 2.50. The van der Waals surface area contributed by atoms with E-state index in [9.17, 15) is 4.79 Å². The Hall–Kier alpha value is -1.88. The van der Waals surface area contributed by atoms with Crippen molar-refractivity contribution in [2.75, 3.05) is 6.61 Å². The molecule has 0 aliphatic rings. The normalized spacial score (nSPS) is 10.3. The number of carbonyl (C=O) groups is 1. The predicted molar refractivity (Wildman–Crippen MR) is 65.1 cm³/mol. The van der Waals surface area contributed by atoms with Crippen LogP contribution in [0, 0.1) is 0 Å². The third-order valence-corrected chi connectivity index (χ3v) is 2.44. The third kappa shape index (κ3) is 3.30. The number of ether oxygens (including phenoxy) is 1. The van der Waals surface area contributed by atoms with E-state index in [1.54, 1.807) is 24.3 Å². The van der Waals surface area contributed by atoms with E-state index in [2.05, 4.69) is 10.1 Å². The molecule has 0 unspecified atom stereocenters. The number of hydrogen-bond acceptors (Lipinski definition) is 5. The van der Waals surface area contributed by atoms with Crippen LogP contribution in [0.5, 0.6) is 0 Å². The second-order valence-electron chi connectivity index (χ2n) is 3.61. The van der Waals surface area contributed by atoms with Gasteiger partial charge in [0.1, 0.15) is 0 Å². The molecular weight excluding hydrogens is 256 g/mol. The van der Waals surface area contributed by atoms with Crippen LogP contribution in [-0.2, 0) is 16.0 Å². The molecule has 0 radical (unpaired) electrons. The lowest BCUT2D eigenvalue weighted by molar-refractivity contribution is -0.140. The Balaban J connectivity index is 2.01. The highest BCUT2D eigenvalue weighted by molar-refractivity contribution is 6.30. The Morgan fingerprint density at radius 3 is 2.78 bits per heavy atom. The van der Waals surface area contributed by atoms with Crippen molar-refractivity contribution in [3.63, 3.8) is 0 Å². The second-order valence-corrected chi connectivity index (χ2v) is 4.05. The minimum absolute atomic E-state index is 0.245. The van der Waals surface area contributed by atoms with Gasteiger partial charge < -0.3 is 9.26 Å². The molecular formula is C12H11ClN2O3. The summed E-state index contributed by atoms with van der Waals surface area (Å²) in [6.07, 6.45) is 0.427. The van der Waals surface area contributed by atoms with Gasteiger partial charge in [-0.3, -0.25) is 4.79 Å². The van der Waals surface area contributed by atoms with Crippen molar-refractivity contribution in [3.8, 4) is 11.5 Å². The molecule has 5 nitrogen and oxygen atoms in total. The first kappa shape index (κ1) is 12.6. The summed E-state index contributed by atoms with van der Waals surface area (Å²) in [4.78, 5) is 14.8. The topological polar surface area (TPSA) is 65.2 Å². The summed E-state index contributed by atoms with van der Waals surface area (Å²) in [5.41, 5.74) is 0.797. The van der Waals surface area contributed by atoms with Gasteiger partial charge in [-0.05, 0) is 24.3 Å². The van der Waals surface area contributed by atoms with Gasteiger partial charge in [-0.25, -0.2) is 0 Å². The van der Waals surface area contributed by atoms with E-state index in [1.165, 1.54) is 6.92 Å². The molecule has 1 heterocycles. The SMILES string of the molecule is CC(=O)OCCc1noc(-c2ccc(Cl)cc2)n1. The summed E-state index contributed by atoms with van der Waals surface area (Å²) < 4.78 is 9.90. The lowest BCUT2D eigenvalue weighted by Crippen LogP contribution is -2.04. The van der Waals surface area contributed by atoms with E-state index in [0.29, 0.717) is 23.2 Å². The molecule has 0 fully saturated rings. The van der Waals surface area contributed by atoms with E-state index in [-0.39, 0.29) is 12.6 Å². The second kappa shape index (κ2) is 5.64. The fraction of sp³-hybridized carbons (Fsp3) is 0.250. The first-order chi connectivity index (χ1) is 8.65. The summed E-state index contributed by atoms with van der Waals surface area (Å²) in [5, 5.41) is 4.45. The summed E-state index contributed by atoms with van der Waals surface area (Å²) >= 11 is 5.79. The molecule has 0 atom stereocenters. The molecule has 2 aromatic rings.